The van der Waals surface area contributed by atoms with Gasteiger partial charge in [-0.2, -0.15) is 0 Å². The summed E-state index contributed by atoms with van der Waals surface area (Å²) >= 11 is 6.80. The van der Waals surface area contributed by atoms with Crippen LogP contribution in [0.15, 0.2) is 47.6 Å². The molecule has 0 spiro atoms. The molecule has 3 rings (SSSR count). The van der Waals surface area contributed by atoms with Crippen molar-refractivity contribution in [2.24, 2.45) is 0 Å². The van der Waals surface area contributed by atoms with Gasteiger partial charge in [0.15, 0.2) is 5.82 Å². The van der Waals surface area contributed by atoms with Crippen LogP contribution >= 0.6 is 23.4 Å². The normalized spacial score (nSPS) is 12.0. The molecule has 3 N–H and O–H groups in total. The van der Waals surface area contributed by atoms with E-state index in [1.165, 1.54) is 47.1 Å². The number of hydrogen-bond donors (Lipinski definition) is 2. The lowest BCUT2D eigenvalue weighted by Crippen LogP contribution is -2.23. The molecule has 0 aliphatic carbocycles. The number of carbonyl (C=O) groups excluding carboxylic acids is 1. The fourth-order valence-electron chi connectivity index (χ4n) is 2.18. The Morgan fingerprint density at radius 3 is 2.59 bits per heavy atom. The number of hydrogen-bond acceptors (Lipinski definition) is 5. The van der Waals surface area contributed by atoms with E-state index in [-0.39, 0.29) is 16.7 Å². The summed E-state index contributed by atoms with van der Waals surface area (Å²) in [5.74, 6) is 5.06. The summed E-state index contributed by atoms with van der Waals surface area (Å²) in [7, 11) is 0. The number of rotatable bonds is 5. The molecule has 0 bridgehead atoms. The average molecular weight is 410 g/mol. The second-order valence-corrected chi connectivity index (χ2v) is 7.28. The van der Waals surface area contributed by atoms with E-state index < -0.39 is 11.1 Å². The number of halogens is 3. The minimum Gasteiger partial charge on any atom is -0.335 e. The molecule has 0 aliphatic rings. The van der Waals surface area contributed by atoms with Gasteiger partial charge in [0.25, 0.3) is 0 Å². The maximum absolute atomic E-state index is 13.2. The van der Waals surface area contributed by atoms with Crippen molar-refractivity contribution in [2.45, 2.75) is 17.3 Å². The van der Waals surface area contributed by atoms with Crippen LogP contribution in [0.5, 0.6) is 0 Å². The van der Waals surface area contributed by atoms with Gasteiger partial charge in [0.1, 0.15) is 11.6 Å². The average Bonchev–Trinajstić information content (AvgIpc) is 2.99. The summed E-state index contributed by atoms with van der Waals surface area (Å²) in [6.45, 7) is 1.66. The highest BCUT2D eigenvalue weighted by Crippen LogP contribution is 2.26. The quantitative estimate of drug-likeness (QED) is 0.495. The van der Waals surface area contributed by atoms with E-state index in [0.29, 0.717) is 22.2 Å². The largest absolute Gasteiger partial charge is 0.335 e. The SMILES string of the molecule is CC(Sc1nnc(-c2ccc(F)cc2)n1N)C(=O)Nc1ccc(F)c(Cl)c1. The lowest BCUT2D eigenvalue weighted by molar-refractivity contribution is -0.115. The minimum atomic E-state index is -0.568. The summed E-state index contributed by atoms with van der Waals surface area (Å²) in [4.78, 5) is 12.3. The molecule has 140 valence electrons. The second kappa shape index (κ2) is 7.93. The van der Waals surface area contributed by atoms with Crippen molar-refractivity contribution in [2.75, 3.05) is 11.2 Å². The number of nitrogens with zero attached hydrogens (tertiary/aromatic N) is 3. The van der Waals surface area contributed by atoms with Crippen LogP contribution in [0.4, 0.5) is 14.5 Å². The number of benzene rings is 2. The van der Waals surface area contributed by atoms with Crippen LogP contribution in [0.1, 0.15) is 6.92 Å². The van der Waals surface area contributed by atoms with Gasteiger partial charge < -0.3 is 11.2 Å². The van der Waals surface area contributed by atoms with Gasteiger partial charge in [-0.3, -0.25) is 4.79 Å². The first kappa shape index (κ1) is 19.1. The highest BCUT2D eigenvalue weighted by atomic mass is 35.5. The Morgan fingerprint density at radius 2 is 1.93 bits per heavy atom. The number of nitrogens with one attached hydrogen (secondary N) is 1. The van der Waals surface area contributed by atoms with Gasteiger partial charge in [0.05, 0.1) is 10.3 Å². The molecule has 1 amide bonds. The zero-order chi connectivity index (χ0) is 19.6. The Labute approximate surface area is 162 Å². The Hall–Kier alpha value is -2.65. The predicted molar refractivity (Wildman–Crippen MR) is 101 cm³/mol. The zero-order valence-electron chi connectivity index (χ0n) is 14.0. The van der Waals surface area contributed by atoms with Crippen LogP contribution in [0, 0.1) is 11.6 Å². The van der Waals surface area contributed by atoms with Gasteiger partial charge in [-0.1, -0.05) is 23.4 Å². The molecule has 1 atom stereocenters. The maximum Gasteiger partial charge on any atom is 0.237 e. The molecule has 0 aliphatic heterocycles. The summed E-state index contributed by atoms with van der Waals surface area (Å²) in [5, 5.41) is 10.3. The van der Waals surface area contributed by atoms with Crippen LogP contribution in [-0.2, 0) is 4.79 Å². The molecule has 27 heavy (non-hydrogen) atoms. The second-order valence-electron chi connectivity index (χ2n) is 5.56. The van der Waals surface area contributed by atoms with E-state index in [2.05, 4.69) is 15.5 Å². The summed E-state index contributed by atoms with van der Waals surface area (Å²) in [6.07, 6.45) is 0. The molecule has 6 nitrogen and oxygen atoms in total. The van der Waals surface area contributed by atoms with Crippen molar-refractivity contribution in [3.05, 3.63) is 59.1 Å². The predicted octanol–water partition coefficient (Wildman–Crippen LogP) is 3.71. The van der Waals surface area contributed by atoms with Gasteiger partial charge in [-0.15, -0.1) is 10.2 Å². The maximum atomic E-state index is 13.2. The lowest BCUT2D eigenvalue weighted by atomic mass is 10.2. The van der Waals surface area contributed by atoms with Crippen molar-refractivity contribution in [3.63, 3.8) is 0 Å². The zero-order valence-corrected chi connectivity index (χ0v) is 15.6. The molecule has 1 heterocycles. The fourth-order valence-corrected chi connectivity index (χ4v) is 3.13. The monoisotopic (exact) mass is 409 g/mol. The highest BCUT2D eigenvalue weighted by molar-refractivity contribution is 8.00. The molecule has 3 aromatic rings. The Balaban J connectivity index is 1.70. The topological polar surface area (TPSA) is 85.8 Å². The summed E-state index contributed by atoms with van der Waals surface area (Å²) < 4.78 is 27.5. The number of nitrogens with two attached hydrogens (primary N) is 1. The van der Waals surface area contributed by atoms with Crippen molar-refractivity contribution in [1.82, 2.24) is 14.9 Å². The van der Waals surface area contributed by atoms with Crippen LogP contribution in [0.25, 0.3) is 11.4 Å². The highest BCUT2D eigenvalue weighted by Gasteiger charge is 2.20. The molecular weight excluding hydrogens is 396 g/mol. The van der Waals surface area contributed by atoms with E-state index in [9.17, 15) is 13.6 Å². The van der Waals surface area contributed by atoms with Crippen LogP contribution < -0.4 is 11.2 Å². The number of anilines is 1. The van der Waals surface area contributed by atoms with Crippen LogP contribution in [-0.4, -0.2) is 26.0 Å². The van der Waals surface area contributed by atoms with Crippen LogP contribution in [0.2, 0.25) is 5.02 Å². The van der Waals surface area contributed by atoms with E-state index in [1.54, 1.807) is 6.92 Å². The summed E-state index contributed by atoms with van der Waals surface area (Å²) in [5.41, 5.74) is 0.969. The number of nitrogen functional groups attached to an aromatic ring is 1. The molecule has 10 heteroatoms. The van der Waals surface area contributed by atoms with Crippen LogP contribution in [0.3, 0.4) is 0 Å². The first-order valence-corrected chi connectivity index (χ1v) is 9.00. The number of thioether (sulfide) groups is 1. The van der Waals surface area contributed by atoms with E-state index in [0.717, 1.165) is 11.8 Å². The van der Waals surface area contributed by atoms with Gasteiger partial charge in [0.2, 0.25) is 11.1 Å². The minimum absolute atomic E-state index is 0.0845. The van der Waals surface area contributed by atoms with Gasteiger partial charge in [-0.25, -0.2) is 13.5 Å². The molecule has 0 fully saturated rings. The Morgan fingerprint density at radius 1 is 1.22 bits per heavy atom. The third-order valence-corrected chi connectivity index (χ3v) is 4.95. The fraction of sp³-hybridized carbons (Fsp3) is 0.118. The molecule has 0 saturated heterocycles. The summed E-state index contributed by atoms with van der Waals surface area (Å²) in [6, 6.07) is 9.55. The van der Waals surface area contributed by atoms with Gasteiger partial charge in [-0.05, 0) is 49.4 Å². The lowest BCUT2D eigenvalue weighted by Gasteiger charge is -2.12. The van der Waals surface area contributed by atoms with Crippen molar-refractivity contribution in [1.29, 1.82) is 0 Å². The molecule has 1 aromatic heterocycles. The molecule has 0 radical (unpaired) electrons. The molecular formula is C17H14ClF2N5OS. The third kappa shape index (κ3) is 4.37. The number of carbonyl (C=O) groups is 1. The standard InChI is InChI=1S/C17H14ClF2N5OS/c1-9(16(26)22-12-6-7-14(20)13(18)8-12)27-17-24-23-15(25(17)21)10-2-4-11(19)5-3-10/h2-9H,21H2,1H3,(H,22,26). The van der Waals surface area contributed by atoms with Gasteiger partial charge >= 0.3 is 0 Å². The Kier molecular flexibility index (Phi) is 5.62. The van der Waals surface area contributed by atoms with Gasteiger partial charge in [0, 0.05) is 11.3 Å². The van der Waals surface area contributed by atoms with E-state index in [1.807, 2.05) is 0 Å². The van der Waals surface area contributed by atoms with Crippen molar-refractivity contribution < 1.29 is 13.6 Å². The Bertz CT molecular complexity index is 980. The van der Waals surface area contributed by atoms with Crippen molar-refractivity contribution in [3.8, 4) is 11.4 Å². The van der Waals surface area contributed by atoms with Crippen molar-refractivity contribution >= 4 is 35.0 Å². The smallest absolute Gasteiger partial charge is 0.237 e. The number of amides is 1. The first-order valence-electron chi connectivity index (χ1n) is 7.74. The molecule has 1 unspecified atom stereocenters. The third-order valence-electron chi connectivity index (χ3n) is 3.61. The first-order chi connectivity index (χ1) is 12.8. The molecule has 2 aromatic carbocycles. The number of aromatic nitrogens is 3. The van der Waals surface area contributed by atoms with E-state index >= 15 is 0 Å². The molecule has 0 saturated carbocycles. The van der Waals surface area contributed by atoms with E-state index in [4.69, 9.17) is 17.4 Å².